The minimum Gasteiger partial charge on any atom is -0.367 e. The molecule has 0 bridgehead atoms. The molecule has 0 aromatic rings. The summed E-state index contributed by atoms with van der Waals surface area (Å²) < 4.78 is 6.02. The van der Waals surface area contributed by atoms with E-state index in [1.54, 1.807) is 0 Å². The van der Waals surface area contributed by atoms with E-state index >= 15 is 0 Å². The molecule has 0 spiro atoms. The van der Waals surface area contributed by atoms with E-state index in [0.717, 1.165) is 25.7 Å². The summed E-state index contributed by atoms with van der Waals surface area (Å²) in [5.74, 6) is 0. The number of carbonyl (C=O) groups excluding carboxylic acids is 1. The van der Waals surface area contributed by atoms with Crippen LogP contribution in [0.25, 0.3) is 0 Å². The summed E-state index contributed by atoms with van der Waals surface area (Å²) in [4.78, 5) is 14.5. The number of hydrogen-bond acceptors (Lipinski definition) is 3. The van der Waals surface area contributed by atoms with Crippen molar-refractivity contribution >= 4 is 6.03 Å². The van der Waals surface area contributed by atoms with Gasteiger partial charge in [0.15, 0.2) is 0 Å². The lowest BCUT2D eigenvalue weighted by molar-refractivity contribution is -0.0690. The second-order valence-corrected chi connectivity index (χ2v) is 7.97. The fourth-order valence-corrected chi connectivity index (χ4v) is 3.73. The summed E-state index contributed by atoms with van der Waals surface area (Å²) >= 11 is 0. The zero-order valence-corrected chi connectivity index (χ0v) is 14.3. The zero-order valence-electron chi connectivity index (χ0n) is 14.3. The van der Waals surface area contributed by atoms with Crippen LogP contribution in [0.3, 0.4) is 0 Å². The molecule has 1 saturated carbocycles. The van der Waals surface area contributed by atoms with Crippen molar-refractivity contribution in [3.05, 3.63) is 0 Å². The van der Waals surface area contributed by atoms with Crippen LogP contribution in [0.2, 0.25) is 0 Å². The molecule has 21 heavy (non-hydrogen) atoms. The van der Waals surface area contributed by atoms with Crippen LogP contribution < -0.4 is 10.6 Å². The fourth-order valence-electron chi connectivity index (χ4n) is 3.73. The number of hydrogen-bond donors (Lipinski definition) is 2. The van der Waals surface area contributed by atoms with Gasteiger partial charge in [-0.2, -0.15) is 0 Å². The minimum atomic E-state index is -0.317. The van der Waals surface area contributed by atoms with Crippen LogP contribution in [0, 0.1) is 0 Å². The number of carbonyl (C=O) groups is 1. The molecule has 3 atom stereocenters. The molecular formula is C16H31N3O2. The lowest BCUT2D eigenvalue weighted by Gasteiger charge is -2.28. The van der Waals surface area contributed by atoms with Gasteiger partial charge in [-0.3, -0.25) is 0 Å². The molecule has 2 fully saturated rings. The topological polar surface area (TPSA) is 53.6 Å². The molecule has 2 amide bonds. The second kappa shape index (κ2) is 5.76. The van der Waals surface area contributed by atoms with E-state index in [0.29, 0.717) is 6.04 Å². The quantitative estimate of drug-likeness (QED) is 0.839. The lowest BCUT2D eigenvalue weighted by atomic mass is 9.95. The van der Waals surface area contributed by atoms with Gasteiger partial charge in [-0.25, -0.2) is 4.79 Å². The standard InChI is InChI=1S/C16H31N3O2/c1-15(2)10-13(16(3,4)21-15)18-14(20)17-11-7-8-12(9-11)19(5)6/h11-13H,7-10H2,1-6H3,(H2,17,18,20). The maximum Gasteiger partial charge on any atom is 0.315 e. The Morgan fingerprint density at radius 2 is 1.81 bits per heavy atom. The van der Waals surface area contributed by atoms with Crippen molar-refractivity contribution in [1.82, 2.24) is 15.5 Å². The van der Waals surface area contributed by atoms with Crippen molar-refractivity contribution in [2.24, 2.45) is 0 Å². The molecule has 1 aliphatic carbocycles. The lowest BCUT2D eigenvalue weighted by Crippen LogP contribution is -2.51. The van der Waals surface area contributed by atoms with Gasteiger partial charge in [0.25, 0.3) is 0 Å². The van der Waals surface area contributed by atoms with Gasteiger partial charge >= 0.3 is 6.03 Å². The Morgan fingerprint density at radius 1 is 1.14 bits per heavy atom. The molecule has 0 radical (unpaired) electrons. The average molecular weight is 297 g/mol. The first kappa shape index (κ1) is 16.6. The molecular weight excluding hydrogens is 266 g/mol. The van der Waals surface area contributed by atoms with Crippen molar-refractivity contribution in [3.63, 3.8) is 0 Å². The smallest absolute Gasteiger partial charge is 0.315 e. The van der Waals surface area contributed by atoms with Crippen molar-refractivity contribution in [3.8, 4) is 0 Å². The number of urea groups is 1. The molecule has 122 valence electrons. The SMILES string of the molecule is CN(C)C1CCC(NC(=O)NC2CC(C)(C)OC2(C)C)C1. The summed E-state index contributed by atoms with van der Waals surface area (Å²) in [5, 5.41) is 6.23. The van der Waals surface area contributed by atoms with Gasteiger partial charge < -0.3 is 20.3 Å². The maximum atomic E-state index is 12.2. The van der Waals surface area contributed by atoms with Crippen molar-refractivity contribution in [2.45, 2.75) is 82.7 Å². The van der Waals surface area contributed by atoms with Crippen molar-refractivity contribution < 1.29 is 9.53 Å². The second-order valence-electron chi connectivity index (χ2n) is 7.97. The first-order valence-corrected chi connectivity index (χ1v) is 8.03. The van der Waals surface area contributed by atoms with Crippen molar-refractivity contribution in [1.29, 1.82) is 0 Å². The maximum absolute atomic E-state index is 12.2. The summed E-state index contributed by atoms with van der Waals surface area (Å²) in [7, 11) is 4.21. The fraction of sp³-hybridized carbons (Fsp3) is 0.938. The molecule has 2 rings (SSSR count). The Balaban J connectivity index is 1.83. The van der Waals surface area contributed by atoms with Gasteiger partial charge in [0, 0.05) is 12.1 Å². The zero-order chi connectivity index (χ0) is 15.8. The van der Waals surface area contributed by atoms with Crippen LogP contribution >= 0.6 is 0 Å². The number of amides is 2. The molecule has 5 nitrogen and oxygen atoms in total. The first-order valence-electron chi connectivity index (χ1n) is 8.03. The van der Waals surface area contributed by atoms with Crippen LogP contribution in [-0.4, -0.2) is 54.4 Å². The van der Waals surface area contributed by atoms with Gasteiger partial charge in [0.1, 0.15) is 0 Å². The highest BCUT2D eigenvalue weighted by atomic mass is 16.5. The Morgan fingerprint density at radius 3 is 2.29 bits per heavy atom. The largest absolute Gasteiger partial charge is 0.367 e. The summed E-state index contributed by atoms with van der Waals surface area (Å²) in [6.45, 7) is 8.24. The first-order chi connectivity index (χ1) is 9.59. The predicted octanol–water partition coefficient (Wildman–Crippen LogP) is 2.11. The third kappa shape index (κ3) is 4.10. The number of ether oxygens (including phenoxy) is 1. The number of nitrogens with one attached hydrogen (secondary N) is 2. The molecule has 2 aliphatic rings. The summed E-state index contributed by atoms with van der Waals surface area (Å²) in [6.07, 6.45) is 4.10. The Bertz CT molecular complexity index is 393. The van der Waals surface area contributed by atoms with E-state index in [-0.39, 0.29) is 29.3 Å². The van der Waals surface area contributed by atoms with E-state index in [2.05, 4.69) is 43.5 Å². The minimum absolute atomic E-state index is 0.0542. The molecule has 3 unspecified atom stereocenters. The Kier molecular flexibility index (Phi) is 4.54. The van der Waals surface area contributed by atoms with E-state index in [1.165, 1.54) is 0 Å². The predicted molar refractivity (Wildman–Crippen MR) is 84.4 cm³/mol. The van der Waals surface area contributed by atoms with E-state index in [4.69, 9.17) is 4.74 Å². The third-order valence-electron chi connectivity index (χ3n) is 4.85. The van der Waals surface area contributed by atoms with E-state index in [9.17, 15) is 4.79 Å². The summed E-state index contributed by atoms with van der Waals surface area (Å²) in [6, 6.07) is 0.869. The highest BCUT2D eigenvalue weighted by molar-refractivity contribution is 5.74. The Labute approximate surface area is 128 Å². The highest BCUT2D eigenvalue weighted by Gasteiger charge is 2.46. The molecule has 0 aromatic heterocycles. The highest BCUT2D eigenvalue weighted by Crippen LogP contribution is 2.37. The normalized spacial score (nSPS) is 34.1. The molecule has 1 aliphatic heterocycles. The number of nitrogens with zero attached hydrogens (tertiary/aromatic N) is 1. The Hall–Kier alpha value is -0.810. The van der Waals surface area contributed by atoms with Gasteiger partial charge in [-0.1, -0.05) is 0 Å². The van der Waals surface area contributed by atoms with E-state index in [1.807, 2.05) is 13.8 Å². The monoisotopic (exact) mass is 297 g/mol. The van der Waals surface area contributed by atoms with Crippen LogP contribution in [0.5, 0.6) is 0 Å². The van der Waals surface area contributed by atoms with Crippen LogP contribution in [-0.2, 0) is 4.74 Å². The molecule has 1 heterocycles. The van der Waals surface area contributed by atoms with Gasteiger partial charge in [0.05, 0.1) is 17.2 Å². The number of rotatable bonds is 3. The van der Waals surface area contributed by atoms with Crippen LogP contribution in [0.4, 0.5) is 4.79 Å². The van der Waals surface area contributed by atoms with Crippen LogP contribution in [0.1, 0.15) is 53.4 Å². The molecule has 5 heteroatoms. The van der Waals surface area contributed by atoms with Gasteiger partial charge in [0.2, 0.25) is 0 Å². The van der Waals surface area contributed by atoms with Gasteiger partial charge in [-0.15, -0.1) is 0 Å². The summed E-state index contributed by atoms with van der Waals surface area (Å²) in [5.41, 5.74) is -0.493. The molecule has 0 aromatic carbocycles. The van der Waals surface area contributed by atoms with Crippen molar-refractivity contribution in [2.75, 3.05) is 14.1 Å². The van der Waals surface area contributed by atoms with E-state index < -0.39 is 0 Å². The van der Waals surface area contributed by atoms with Gasteiger partial charge in [-0.05, 0) is 67.5 Å². The molecule has 2 N–H and O–H groups in total. The molecule has 1 saturated heterocycles. The third-order valence-corrected chi connectivity index (χ3v) is 4.85. The average Bonchev–Trinajstić information content (AvgIpc) is 2.81. The van der Waals surface area contributed by atoms with Crippen LogP contribution in [0.15, 0.2) is 0 Å².